The Morgan fingerprint density at radius 2 is 1.79 bits per heavy atom. The van der Waals surface area contributed by atoms with Gasteiger partial charge in [0.25, 0.3) is 0 Å². The highest BCUT2D eigenvalue weighted by molar-refractivity contribution is 5.88. The molecule has 0 fully saturated rings. The van der Waals surface area contributed by atoms with Crippen LogP contribution in [0.3, 0.4) is 0 Å². The van der Waals surface area contributed by atoms with Crippen molar-refractivity contribution >= 4 is 23.7 Å². The summed E-state index contributed by atoms with van der Waals surface area (Å²) in [5, 5.41) is 16.8. The van der Waals surface area contributed by atoms with E-state index in [-0.39, 0.29) is 18.8 Å². The molecule has 34 heavy (non-hydrogen) atoms. The summed E-state index contributed by atoms with van der Waals surface area (Å²) < 4.78 is 12.4. The maximum Gasteiger partial charge on any atom is 0.416 e. The van der Waals surface area contributed by atoms with Crippen LogP contribution in [0.25, 0.3) is 16.8 Å². The summed E-state index contributed by atoms with van der Waals surface area (Å²) in [5.41, 5.74) is 0.563. The second-order valence-electron chi connectivity index (χ2n) is 9.72. The number of anilines is 1. The smallest absolute Gasteiger partial charge is 0.416 e. The Bertz CT molecular complexity index is 1180. The maximum absolute atomic E-state index is 13.0. The molecule has 0 spiro atoms. The molecule has 3 aromatic rings. The average Bonchev–Trinajstić information content (AvgIpc) is 3.11. The third-order valence-corrected chi connectivity index (χ3v) is 4.41. The molecule has 0 saturated carbocycles. The van der Waals surface area contributed by atoms with Gasteiger partial charge in [0.15, 0.2) is 5.65 Å². The van der Waals surface area contributed by atoms with E-state index in [0.29, 0.717) is 17.0 Å². The number of hydrogen-bond donors (Lipinski definition) is 2. The van der Waals surface area contributed by atoms with Gasteiger partial charge in [0.05, 0.1) is 6.20 Å². The number of nitrogens with zero attached hydrogens (tertiary/aromatic N) is 4. The number of benzene rings is 1. The number of rotatable bonds is 5. The van der Waals surface area contributed by atoms with Crippen molar-refractivity contribution in [1.29, 1.82) is 0 Å². The lowest BCUT2D eigenvalue weighted by Crippen LogP contribution is -2.43. The van der Waals surface area contributed by atoms with Gasteiger partial charge in [-0.1, -0.05) is 12.1 Å². The quantitative estimate of drug-likeness (QED) is 0.570. The Morgan fingerprint density at radius 3 is 2.44 bits per heavy atom. The third kappa shape index (κ3) is 6.60. The minimum atomic E-state index is -0.721. The molecule has 0 atom stereocenters. The van der Waals surface area contributed by atoms with Gasteiger partial charge >= 0.3 is 12.2 Å². The average molecular weight is 470 g/mol. The van der Waals surface area contributed by atoms with E-state index in [9.17, 15) is 14.7 Å². The highest BCUT2D eigenvalue weighted by Gasteiger charge is 2.25. The van der Waals surface area contributed by atoms with E-state index >= 15 is 0 Å². The van der Waals surface area contributed by atoms with Crippen LogP contribution in [0.4, 0.5) is 15.4 Å². The first kappa shape index (κ1) is 24.8. The zero-order valence-corrected chi connectivity index (χ0v) is 20.3. The van der Waals surface area contributed by atoms with Gasteiger partial charge in [0, 0.05) is 24.8 Å². The van der Waals surface area contributed by atoms with Crippen LogP contribution in [0.15, 0.2) is 42.7 Å². The topological polar surface area (TPSA) is 118 Å². The van der Waals surface area contributed by atoms with Gasteiger partial charge in [-0.05, 0) is 65.3 Å². The number of carbonyl (C=O) groups excluding carboxylic acids is 2. The number of amides is 2. The molecule has 0 unspecified atom stereocenters. The highest BCUT2D eigenvalue weighted by Crippen LogP contribution is 2.27. The van der Waals surface area contributed by atoms with Gasteiger partial charge in [-0.3, -0.25) is 4.90 Å². The van der Waals surface area contributed by atoms with Crippen molar-refractivity contribution in [3.8, 4) is 16.9 Å². The molecular formula is C24H31N5O5. The van der Waals surface area contributed by atoms with Crippen LogP contribution < -0.4 is 10.2 Å². The lowest BCUT2D eigenvalue weighted by atomic mass is 10.1. The van der Waals surface area contributed by atoms with E-state index in [2.05, 4.69) is 15.4 Å². The number of ether oxygens (including phenoxy) is 2. The summed E-state index contributed by atoms with van der Waals surface area (Å²) >= 11 is 0. The van der Waals surface area contributed by atoms with Crippen molar-refractivity contribution in [2.45, 2.75) is 52.7 Å². The number of carbonyl (C=O) groups is 2. The second kappa shape index (κ2) is 9.58. The number of phenols is 1. The molecule has 0 radical (unpaired) electrons. The van der Waals surface area contributed by atoms with Crippen molar-refractivity contribution in [1.82, 2.24) is 19.9 Å². The van der Waals surface area contributed by atoms with Crippen molar-refractivity contribution in [2.75, 3.05) is 18.0 Å². The van der Waals surface area contributed by atoms with E-state index in [0.717, 1.165) is 5.56 Å². The second-order valence-corrected chi connectivity index (χ2v) is 9.72. The number of fused-ring (bicyclic) bond motifs is 1. The highest BCUT2D eigenvalue weighted by atomic mass is 16.6. The molecule has 0 saturated heterocycles. The Balaban J connectivity index is 1.90. The molecule has 182 valence electrons. The molecular weight excluding hydrogens is 438 g/mol. The van der Waals surface area contributed by atoms with Crippen LogP contribution in [0, 0.1) is 0 Å². The van der Waals surface area contributed by atoms with Crippen molar-refractivity contribution in [3.05, 3.63) is 42.7 Å². The Hall–Kier alpha value is -3.82. The molecule has 2 aromatic heterocycles. The Labute approximate surface area is 198 Å². The minimum absolute atomic E-state index is 0.104. The van der Waals surface area contributed by atoms with E-state index < -0.39 is 23.4 Å². The molecule has 10 nitrogen and oxygen atoms in total. The first-order valence-corrected chi connectivity index (χ1v) is 10.9. The molecule has 0 aliphatic rings. The number of aromatic nitrogens is 3. The van der Waals surface area contributed by atoms with Crippen molar-refractivity contribution in [3.63, 3.8) is 0 Å². The van der Waals surface area contributed by atoms with Gasteiger partial charge in [-0.25, -0.2) is 19.1 Å². The fourth-order valence-electron chi connectivity index (χ4n) is 3.09. The molecule has 10 heteroatoms. The van der Waals surface area contributed by atoms with Crippen LogP contribution in [0.5, 0.6) is 5.75 Å². The SMILES string of the molecule is CC(C)(C)OC(=O)NCCN(C(=O)OC(C)(C)C)c1ccn2ncc(-c3cccc(O)c3)c2n1. The molecule has 0 aliphatic carbocycles. The summed E-state index contributed by atoms with van der Waals surface area (Å²) in [6.07, 6.45) is 2.14. The van der Waals surface area contributed by atoms with Crippen molar-refractivity contribution in [2.24, 2.45) is 0 Å². The predicted molar refractivity (Wildman–Crippen MR) is 128 cm³/mol. The zero-order valence-electron chi connectivity index (χ0n) is 20.3. The van der Waals surface area contributed by atoms with E-state index in [4.69, 9.17) is 9.47 Å². The Morgan fingerprint density at radius 1 is 1.09 bits per heavy atom. The van der Waals surface area contributed by atoms with Gasteiger partial charge in [0.1, 0.15) is 22.8 Å². The number of phenolic OH excluding ortho intramolecular Hbond substituents is 1. The van der Waals surface area contributed by atoms with Crippen LogP contribution in [0.1, 0.15) is 41.5 Å². The molecule has 2 amide bonds. The summed E-state index contributed by atoms with van der Waals surface area (Å²) in [7, 11) is 0. The van der Waals surface area contributed by atoms with Crippen LogP contribution in [-0.4, -0.2) is 56.2 Å². The van der Waals surface area contributed by atoms with Crippen LogP contribution >= 0.6 is 0 Å². The molecule has 0 bridgehead atoms. The van der Waals surface area contributed by atoms with Crippen molar-refractivity contribution < 1.29 is 24.2 Å². The van der Waals surface area contributed by atoms with E-state index in [1.807, 2.05) is 6.07 Å². The van der Waals surface area contributed by atoms with Crippen LogP contribution in [-0.2, 0) is 9.47 Å². The lowest BCUT2D eigenvalue weighted by molar-refractivity contribution is 0.0512. The standard InChI is InChI=1S/C24H31N5O5/c1-23(2,3)33-21(31)25-11-13-28(22(32)34-24(4,5)6)19-10-12-29-20(27-19)18(15-26-29)16-8-7-9-17(30)14-16/h7-10,12,14-15,30H,11,13H2,1-6H3,(H,25,31). The van der Waals surface area contributed by atoms with E-state index in [1.165, 1.54) is 4.90 Å². The van der Waals surface area contributed by atoms with Gasteiger partial charge in [-0.15, -0.1) is 0 Å². The third-order valence-electron chi connectivity index (χ3n) is 4.41. The summed E-state index contributed by atoms with van der Waals surface area (Å²) in [6, 6.07) is 8.40. The maximum atomic E-state index is 13.0. The predicted octanol–water partition coefficient (Wildman–Crippen LogP) is 4.37. The lowest BCUT2D eigenvalue weighted by Gasteiger charge is -2.27. The molecule has 2 N–H and O–H groups in total. The Kier molecular flexibility index (Phi) is 6.99. The zero-order chi connectivity index (χ0) is 25.1. The normalized spacial score (nSPS) is 11.8. The molecule has 0 aliphatic heterocycles. The number of nitrogens with one attached hydrogen (secondary N) is 1. The number of alkyl carbamates (subject to hydrolysis) is 1. The number of hydrogen-bond acceptors (Lipinski definition) is 7. The summed E-state index contributed by atoms with van der Waals surface area (Å²) in [5.74, 6) is 0.450. The molecule has 3 rings (SSSR count). The minimum Gasteiger partial charge on any atom is -0.508 e. The fourth-order valence-corrected chi connectivity index (χ4v) is 3.09. The van der Waals surface area contributed by atoms with E-state index in [1.54, 1.807) is 82.7 Å². The molecule has 1 aromatic carbocycles. The fraction of sp³-hybridized carbons (Fsp3) is 0.417. The monoisotopic (exact) mass is 469 g/mol. The summed E-state index contributed by atoms with van der Waals surface area (Å²) in [4.78, 5) is 31.0. The summed E-state index contributed by atoms with van der Waals surface area (Å²) in [6.45, 7) is 10.9. The van der Waals surface area contributed by atoms with Gasteiger partial charge < -0.3 is 19.9 Å². The number of aromatic hydroxyl groups is 1. The van der Waals surface area contributed by atoms with Crippen LogP contribution in [0.2, 0.25) is 0 Å². The van der Waals surface area contributed by atoms with Gasteiger partial charge in [-0.2, -0.15) is 5.10 Å². The first-order valence-electron chi connectivity index (χ1n) is 10.9. The van der Waals surface area contributed by atoms with Gasteiger partial charge in [0.2, 0.25) is 0 Å². The first-order chi connectivity index (χ1) is 15.8. The largest absolute Gasteiger partial charge is 0.508 e. The molecule has 2 heterocycles.